The highest BCUT2D eigenvalue weighted by atomic mass is 35.5. The maximum atomic E-state index is 13.7. The van der Waals surface area contributed by atoms with Crippen molar-refractivity contribution >= 4 is 34.0 Å². The molecule has 32 heavy (non-hydrogen) atoms. The van der Waals surface area contributed by atoms with E-state index >= 15 is 0 Å². The maximum Gasteiger partial charge on any atom is 0.417 e. The van der Waals surface area contributed by atoms with Gasteiger partial charge in [-0.1, -0.05) is 18.2 Å². The van der Waals surface area contributed by atoms with Crippen molar-refractivity contribution in [2.45, 2.75) is 36.9 Å². The smallest absolute Gasteiger partial charge is 0.322 e. The van der Waals surface area contributed by atoms with Gasteiger partial charge in [-0.15, -0.1) is 12.4 Å². The molecule has 1 amide bonds. The Morgan fingerprint density at radius 1 is 1.09 bits per heavy atom. The van der Waals surface area contributed by atoms with Crippen LogP contribution in [0.15, 0.2) is 53.4 Å². The zero-order chi connectivity index (χ0) is 22.6. The molecule has 11 heteroatoms. The van der Waals surface area contributed by atoms with Crippen molar-refractivity contribution in [1.29, 1.82) is 0 Å². The predicted molar refractivity (Wildman–Crippen MR) is 118 cm³/mol. The van der Waals surface area contributed by atoms with Gasteiger partial charge in [-0.25, -0.2) is 13.1 Å². The normalized spacial score (nSPS) is 16.1. The summed E-state index contributed by atoms with van der Waals surface area (Å²) in [6.45, 7) is 3.13. The Hall–Kier alpha value is -2.14. The second-order valence-electron chi connectivity index (χ2n) is 7.53. The third-order valence-electron chi connectivity index (χ3n) is 5.30. The highest BCUT2D eigenvalue weighted by molar-refractivity contribution is 7.89. The molecule has 0 spiro atoms. The molecule has 1 saturated heterocycles. The molecular formula is C21H25ClF3N3O3S. The van der Waals surface area contributed by atoms with E-state index in [1.54, 1.807) is 25.1 Å². The minimum atomic E-state index is -4.92. The van der Waals surface area contributed by atoms with Gasteiger partial charge < -0.3 is 10.6 Å². The SMILES string of the molecule is CC(NS(=O)(=O)c1ccc(NC(=O)c2ccccc2)cc1C(F)(F)F)C1CCNCC1.Cl. The van der Waals surface area contributed by atoms with Gasteiger partial charge in [0.05, 0.1) is 10.5 Å². The number of carbonyl (C=O) groups is 1. The monoisotopic (exact) mass is 491 g/mol. The van der Waals surface area contributed by atoms with Gasteiger partial charge in [0.15, 0.2) is 0 Å². The van der Waals surface area contributed by atoms with Crippen molar-refractivity contribution in [3.63, 3.8) is 0 Å². The van der Waals surface area contributed by atoms with Crippen LogP contribution in [-0.4, -0.2) is 33.5 Å². The number of sulfonamides is 1. The van der Waals surface area contributed by atoms with E-state index in [9.17, 15) is 26.4 Å². The van der Waals surface area contributed by atoms with E-state index in [2.05, 4.69) is 15.4 Å². The lowest BCUT2D eigenvalue weighted by molar-refractivity contribution is -0.139. The van der Waals surface area contributed by atoms with E-state index in [1.807, 2.05) is 0 Å². The van der Waals surface area contributed by atoms with Crippen molar-refractivity contribution in [2.75, 3.05) is 18.4 Å². The molecule has 3 rings (SSSR count). The van der Waals surface area contributed by atoms with Crippen LogP contribution in [0.5, 0.6) is 0 Å². The fourth-order valence-corrected chi connectivity index (χ4v) is 5.13. The second-order valence-corrected chi connectivity index (χ2v) is 9.21. The molecule has 0 aromatic heterocycles. The zero-order valence-electron chi connectivity index (χ0n) is 17.3. The van der Waals surface area contributed by atoms with Gasteiger partial charge in [0.1, 0.15) is 0 Å². The fraction of sp³-hybridized carbons (Fsp3) is 0.381. The minimum absolute atomic E-state index is 0. The molecule has 2 aromatic rings. The quantitative estimate of drug-likeness (QED) is 0.569. The Balaban J connectivity index is 0.00000363. The fourth-order valence-electron chi connectivity index (χ4n) is 3.61. The van der Waals surface area contributed by atoms with Crippen LogP contribution in [0.25, 0.3) is 0 Å². The van der Waals surface area contributed by atoms with E-state index in [0.29, 0.717) is 6.07 Å². The predicted octanol–water partition coefficient (Wildman–Crippen LogP) is 4.05. The van der Waals surface area contributed by atoms with Gasteiger partial charge in [-0.2, -0.15) is 13.2 Å². The average molecular weight is 492 g/mol. The van der Waals surface area contributed by atoms with Crippen LogP contribution in [0, 0.1) is 5.92 Å². The van der Waals surface area contributed by atoms with Crippen molar-refractivity contribution in [3.05, 3.63) is 59.7 Å². The Morgan fingerprint density at radius 2 is 1.72 bits per heavy atom. The van der Waals surface area contributed by atoms with E-state index in [1.165, 1.54) is 12.1 Å². The van der Waals surface area contributed by atoms with Crippen LogP contribution < -0.4 is 15.4 Å². The van der Waals surface area contributed by atoms with Crippen LogP contribution in [0.3, 0.4) is 0 Å². The van der Waals surface area contributed by atoms with Crippen molar-refractivity contribution < 1.29 is 26.4 Å². The maximum absolute atomic E-state index is 13.7. The topological polar surface area (TPSA) is 87.3 Å². The molecule has 1 heterocycles. The largest absolute Gasteiger partial charge is 0.417 e. The lowest BCUT2D eigenvalue weighted by Crippen LogP contribution is -2.42. The number of piperidine rings is 1. The summed E-state index contributed by atoms with van der Waals surface area (Å²) < 4.78 is 69.1. The molecule has 176 valence electrons. The van der Waals surface area contributed by atoms with Gasteiger partial charge in [-0.3, -0.25) is 4.79 Å². The number of alkyl halides is 3. The molecular weight excluding hydrogens is 467 g/mol. The lowest BCUT2D eigenvalue weighted by atomic mass is 9.92. The Labute approximate surface area is 191 Å². The van der Waals surface area contributed by atoms with Crippen molar-refractivity contribution in [2.24, 2.45) is 5.92 Å². The number of rotatable bonds is 6. The third-order valence-corrected chi connectivity index (χ3v) is 6.92. The van der Waals surface area contributed by atoms with Crippen LogP contribution in [0.1, 0.15) is 35.7 Å². The van der Waals surface area contributed by atoms with E-state index < -0.39 is 38.6 Å². The van der Waals surface area contributed by atoms with Gasteiger partial charge in [-0.05, 0) is 69.1 Å². The first-order chi connectivity index (χ1) is 14.6. The van der Waals surface area contributed by atoms with Crippen molar-refractivity contribution in [1.82, 2.24) is 10.0 Å². The molecule has 1 fully saturated rings. The summed E-state index contributed by atoms with van der Waals surface area (Å²) in [5, 5.41) is 5.55. The molecule has 1 aliphatic heterocycles. The van der Waals surface area contributed by atoms with E-state index in [0.717, 1.165) is 38.1 Å². The summed E-state index contributed by atoms with van der Waals surface area (Å²) in [5.74, 6) is -0.559. The van der Waals surface area contributed by atoms with Crippen molar-refractivity contribution in [3.8, 4) is 0 Å². The van der Waals surface area contributed by atoms with Gasteiger partial charge in [0, 0.05) is 17.3 Å². The second kappa shape index (κ2) is 10.7. The minimum Gasteiger partial charge on any atom is -0.322 e. The van der Waals surface area contributed by atoms with Gasteiger partial charge in [0.2, 0.25) is 10.0 Å². The van der Waals surface area contributed by atoms with Crippen LogP contribution >= 0.6 is 12.4 Å². The summed E-state index contributed by atoms with van der Waals surface area (Å²) in [6.07, 6.45) is -3.45. The number of anilines is 1. The van der Waals surface area contributed by atoms with Crippen LogP contribution in [0.4, 0.5) is 18.9 Å². The molecule has 3 N–H and O–H groups in total. The number of carbonyl (C=O) groups excluding carboxylic acids is 1. The molecule has 1 unspecified atom stereocenters. The Morgan fingerprint density at radius 3 is 2.31 bits per heavy atom. The number of benzene rings is 2. The third kappa shape index (κ3) is 6.44. The number of hydrogen-bond acceptors (Lipinski definition) is 4. The summed E-state index contributed by atoms with van der Waals surface area (Å²) in [7, 11) is -4.42. The van der Waals surface area contributed by atoms with E-state index in [4.69, 9.17) is 0 Å². The Bertz CT molecular complexity index is 1030. The summed E-state index contributed by atoms with van der Waals surface area (Å²) in [5.41, 5.74) is -1.21. The zero-order valence-corrected chi connectivity index (χ0v) is 18.9. The molecule has 1 aliphatic rings. The highest BCUT2D eigenvalue weighted by Gasteiger charge is 2.38. The number of halogens is 4. The molecule has 6 nitrogen and oxygen atoms in total. The average Bonchev–Trinajstić information content (AvgIpc) is 2.74. The first-order valence-corrected chi connectivity index (χ1v) is 11.4. The number of amides is 1. The van der Waals surface area contributed by atoms with E-state index in [-0.39, 0.29) is 29.6 Å². The van der Waals surface area contributed by atoms with Crippen LogP contribution in [0.2, 0.25) is 0 Å². The molecule has 0 saturated carbocycles. The molecule has 1 atom stereocenters. The Kier molecular flexibility index (Phi) is 8.69. The first kappa shape index (κ1) is 26.1. The lowest BCUT2D eigenvalue weighted by Gasteiger charge is -2.29. The van der Waals surface area contributed by atoms with Gasteiger partial charge >= 0.3 is 6.18 Å². The summed E-state index contributed by atoms with van der Waals surface area (Å²) in [6, 6.07) is 10.2. The molecule has 0 bridgehead atoms. The standard InChI is InChI=1S/C21H24F3N3O3S.ClH/c1-14(15-9-11-25-12-10-15)27-31(29,30)19-8-7-17(13-18(19)21(22,23)24)26-20(28)16-5-3-2-4-6-16;/h2-8,13-15,25,27H,9-12H2,1H3,(H,26,28);1H. The number of hydrogen-bond donors (Lipinski definition) is 3. The number of nitrogens with one attached hydrogen (secondary N) is 3. The summed E-state index contributed by atoms with van der Waals surface area (Å²) in [4.78, 5) is 11.4. The van der Waals surface area contributed by atoms with Gasteiger partial charge in [0.25, 0.3) is 5.91 Å². The molecule has 0 radical (unpaired) electrons. The molecule has 0 aliphatic carbocycles. The summed E-state index contributed by atoms with van der Waals surface area (Å²) >= 11 is 0. The first-order valence-electron chi connectivity index (χ1n) is 9.88. The molecule has 2 aromatic carbocycles. The highest BCUT2D eigenvalue weighted by Crippen LogP contribution is 2.36. The van der Waals surface area contributed by atoms with Crippen LogP contribution in [-0.2, 0) is 16.2 Å².